The molecule has 0 aliphatic carbocycles. The first-order chi connectivity index (χ1) is 16.4. The van der Waals surface area contributed by atoms with Gasteiger partial charge in [-0.25, -0.2) is 4.39 Å². The fourth-order valence-electron chi connectivity index (χ4n) is 2.95. The molecule has 0 spiro atoms. The third-order valence-corrected chi connectivity index (χ3v) is 7.49. The van der Waals surface area contributed by atoms with E-state index in [9.17, 15) is 40.1 Å². The van der Waals surface area contributed by atoms with Gasteiger partial charge >= 0.3 is 12.4 Å². The van der Waals surface area contributed by atoms with E-state index >= 15 is 0 Å². The molecular formula is C22H17Cl3F7NO2S. The van der Waals surface area contributed by atoms with Gasteiger partial charge in [0, 0.05) is 5.56 Å². The summed E-state index contributed by atoms with van der Waals surface area (Å²) >= 11 is 15.9. The van der Waals surface area contributed by atoms with Crippen LogP contribution >= 0.6 is 34.8 Å². The van der Waals surface area contributed by atoms with Gasteiger partial charge in [-0.15, -0.1) is 0 Å². The molecule has 0 aliphatic heterocycles. The van der Waals surface area contributed by atoms with Crippen LogP contribution in [-0.2, 0) is 17.4 Å². The number of hydrogen-bond acceptors (Lipinski definition) is 2. The molecular weight excluding hydrogens is 582 g/mol. The first-order valence-electron chi connectivity index (χ1n) is 9.84. The number of amides is 1. The lowest BCUT2D eigenvalue weighted by Gasteiger charge is -2.19. The van der Waals surface area contributed by atoms with Gasteiger partial charge in [0.05, 0.1) is 39.0 Å². The molecule has 198 valence electrons. The lowest BCUT2D eigenvalue weighted by Crippen LogP contribution is -2.35. The van der Waals surface area contributed by atoms with Crippen LogP contribution in [0.15, 0.2) is 36.4 Å². The van der Waals surface area contributed by atoms with Crippen molar-refractivity contribution in [3.05, 3.63) is 73.7 Å². The molecule has 2 rings (SSSR count). The number of hydrogen-bond donors (Lipinski definition) is 1. The lowest BCUT2D eigenvalue weighted by molar-refractivity contribution is -0.140. The molecule has 0 bridgehead atoms. The molecule has 0 saturated carbocycles. The lowest BCUT2D eigenvalue weighted by atomic mass is 9.95. The number of rotatable bonds is 7. The number of carbonyl (C=O) groups is 1. The number of benzene rings is 2. The van der Waals surface area contributed by atoms with Crippen molar-refractivity contribution < 1.29 is 40.1 Å². The predicted molar refractivity (Wildman–Crippen MR) is 127 cm³/mol. The van der Waals surface area contributed by atoms with Crippen LogP contribution in [0.3, 0.4) is 0 Å². The van der Waals surface area contributed by atoms with Crippen molar-refractivity contribution >= 4 is 57.7 Å². The first kappa shape index (κ1) is 30.6. The standard InChI is InChI=1S/C22H17Cl3F7NO2S/c1-10(36(2)35)9-33-20(34)13-4-3-11(5-15(13)22(30,31)32)18(26)8-14(21(27,28)29)12-6-16(23)19(25)17(24)7-12/h3-8,10,14H,9H2,1-2H3,(H,33,34). The molecule has 3 nitrogen and oxygen atoms in total. The van der Waals surface area contributed by atoms with Crippen LogP contribution < -0.4 is 5.32 Å². The fourth-order valence-corrected chi connectivity index (χ4v) is 3.88. The molecule has 0 aliphatic rings. The number of allylic oxidation sites excluding steroid dienone is 1. The van der Waals surface area contributed by atoms with Gasteiger partial charge < -0.3 is 9.87 Å². The SMILES string of the molecule is CC(CNC(=O)c1ccc(C(F)=CC(c2cc(Cl)c(Cl)c(Cl)c2)C(F)(F)F)cc1C(F)(F)F)[S+](C)[O-]. The van der Waals surface area contributed by atoms with Crippen LogP contribution in [0.1, 0.15) is 39.9 Å². The van der Waals surface area contributed by atoms with E-state index in [4.69, 9.17) is 34.8 Å². The second kappa shape index (κ2) is 11.8. The largest absolute Gasteiger partial charge is 0.616 e. The molecule has 3 unspecified atom stereocenters. The minimum absolute atomic E-state index is 0.0728. The monoisotopic (exact) mass is 597 g/mol. The van der Waals surface area contributed by atoms with Crippen molar-refractivity contribution in [2.24, 2.45) is 0 Å². The molecule has 2 aromatic rings. The van der Waals surface area contributed by atoms with Crippen LogP contribution in [0.4, 0.5) is 30.7 Å². The van der Waals surface area contributed by atoms with Crippen molar-refractivity contribution in [1.29, 1.82) is 0 Å². The Morgan fingerprint density at radius 2 is 1.64 bits per heavy atom. The normalized spacial score (nSPS) is 15.4. The highest BCUT2D eigenvalue weighted by Gasteiger charge is 2.41. The minimum Gasteiger partial charge on any atom is -0.616 e. The number of carbonyl (C=O) groups excluding carboxylic acids is 1. The van der Waals surface area contributed by atoms with E-state index in [1.54, 1.807) is 0 Å². The molecule has 1 N–H and O–H groups in total. The van der Waals surface area contributed by atoms with Crippen LogP contribution in [0.5, 0.6) is 0 Å². The van der Waals surface area contributed by atoms with E-state index in [0.29, 0.717) is 6.07 Å². The van der Waals surface area contributed by atoms with E-state index in [1.807, 2.05) is 0 Å². The maximum Gasteiger partial charge on any atom is 0.417 e. The van der Waals surface area contributed by atoms with E-state index in [0.717, 1.165) is 18.2 Å². The van der Waals surface area contributed by atoms with Crippen molar-refractivity contribution in [2.75, 3.05) is 12.8 Å². The molecule has 0 fully saturated rings. The summed E-state index contributed by atoms with van der Waals surface area (Å²) in [6, 6.07) is 3.25. The molecule has 36 heavy (non-hydrogen) atoms. The molecule has 14 heteroatoms. The Morgan fingerprint density at radius 3 is 2.11 bits per heavy atom. The van der Waals surface area contributed by atoms with Gasteiger partial charge in [-0.2, -0.15) is 26.3 Å². The van der Waals surface area contributed by atoms with Crippen molar-refractivity contribution in [3.63, 3.8) is 0 Å². The summed E-state index contributed by atoms with van der Waals surface area (Å²) in [7, 11) is 0. The van der Waals surface area contributed by atoms with Gasteiger partial charge in [-0.3, -0.25) is 4.79 Å². The highest BCUT2D eigenvalue weighted by Crippen LogP contribution is 2.42. The number of nitrogens with one attached hydrogen (secondary N) is 1. The highest BCUT2D eigenvalue weighted by molar-refractivity contribution is 7.91. The Bertz CT molecular complexity index is 1130. The fraction of sp³-hybridized carbons (Fsp3) is 0.318. The topological polar surface area (TPSA) is 52.2 Å². The maximum absolute atomic E-state index is 14.9. The first-order valence-corrected chi connectivity index (χ1v) is 12.6. The summed E-state index contributed by atoms with van der Waals surface area (Å²) in [5.41, 5.74) is -3.88. The van der Waals surface area contributed by atoms with Gasteiger partial charge in [0.2, 0.25) is 0 Å². The molecule has 3 atom stereocenters. The average Bonchev–Trinajstić information content (AvgIpc) is 2.76. The minimum atomic E-state index is -5.14. The Labute approximate surface area is 219 Å². The molecule has 1 amide bonds. The van der Waals surface area contributed by atoms with Crippen LogP contribution in [-0.4, -0.2) is 34.7 Å². The quantitative estimate of drug-likeness (QED) is 0.201. The summed E-state index contributed by atoms with van der Waals surface area (Å²) in [4.78, 5) is 12.3. The highest BCUT2D eigenvalue weighted by atomic mass is 35.5. The van der Waals surface area contributed by atoms with Crippen molar-refractivity contribution in [1.82, 2.24) is 5.32 Å². The Balaban J connectivity index is 2.51. The van der Waals surface area contributed by atoms with E-state index in [-0.39, 0.29) is 33.8 Å². The molecule has 0 aromatic heterocycles. The zero-order valence-corrected chi connectivity index (χ0v) is 21.4. The summed E-state index contributed by atoms with van der Waals surface area (Å²) < 4.78 is 108. The zero-order chi connectivity index (χ0) is 27.6. The molecule has 0 heterocycles. The summed E-state index contributed by atoms with van der Waals surface area (Å²) in [6.07, 6.45) is -8.78. The van der Waals surface area contributed by atoms with Gasteiger partial charge in [-0.05, 0) is 42.8 Å². The summed E-state index contributed by atoms with van der Waals surface area (Å²) in [5, 5.41) is 0.751. The second-order valence-corrected chi connectivity index (χ2v) is 10.6. The van der Waals surface area contributed by atoms with Gasteiger partial charge in [-0.1, -0.05) is 52.0 Å². The molecule has 2 aromatic carbocycles. The Kier molecular flexibility index (Phi) is 10.0. The summed E-state index contributed by atoms with van der Waals surface area (Å²) in [5.74, 6) is -5.43. The summed E-state index contributed by atoms with van der Waals surface area (Å²) in [6.45, 7) is 1.30. The van der Waals surface area contributed by atoms with Crippen LogP contribution in [0.25, 0.3) is 5.83 Å². The van der Waals surface area contributed by atoms with E-state index in [1.165, 1.54) is 13.2 Å². The van der Waals surface area contributed by atoms with Crippen molar-refractivity contribution in [2.45, 2.75) is 30.4 Å². The Hall–Kier alpha value is -1.66. The predicted octanol–water partition coefficient (Wildman–Crippen LogP) is 7.82. The van der Waals surface area contributed by atoms with Gasteiger partial charge in [0.25, 0.3) is 5.91 Å². The second-order valence-electron chi connectivity index (χ2n) is 7.61. The number of alkyl halides is 6. The smallest absolute Gasteiger partial charge is 0.417 e. The molecule has 0 radical (unpaired) electrons. The molecule has 0 saturated heterocycles. The van der Waals surface area contributed by atoms with E-state index < -0.39 is 68.7 Å². The van der Waals surface area contributed by atoms with Crippen LogP contribution in [0.2, 0.25) is 15.1 Å². The van der Waals surface area contributed by atoms with Gasteiger partial charge in [0.1, 0.15) is 17.0 Å². The average molecular weight is 599 g/mol. The third kappa shape index (κ3) is 7.67. The van der Waals surface area contributed by atoms with Crippen LogP contribution in [0, 0.1) is 0 Å². The third-order valence-electron chi connectivity index (χ3n) is 4.99. The maximum atomic E-state index is 14.9. The van der Waals surface area contributed by atoms with Gasteiger partial charge in [0.15, 0.2) is 0 Å². The Morgan fingerprint density at radius 1 is 1.08 bits per heavy atom. The van der Waals surface area contributed by atoms with E-state index in [2.05, 4.69) is 5.32 Å². The number of halogens is 10. The zero-order valence-electron chi connectivity index (χ0n) is 18.3. The van der Waals surface area contributed by atoms with Crippen molar-refractivity contribution in [3.8, 4) is 0 Å².